The van der Waals surface area contributed by atoms with Gasteiger partial charge in [0.25, 0.3) is 11.8 Å². The number of nitrogens with one attached hydrogen (secondary N) is 1. The maximum absolute atomic E-state index is 15.1. The van der Waals surface area contributed by atoms with Crippen LogP contribution in [0.1, 0.15) is 29.9 Å². The number of hydrazine groups is 1. The van der Waals surface area contributed by atoms with Crippen LogP contribution in [-0.4, -0.2) is 33.7 Å². The first kappa shape index (κ1) is 31.3. The number of allylic oxidation sites excluding steroid dienone is 2. The number of phenols is 1. The highest BCUT2D eigenvalue weighted by molar-refractivity contribution is 6.31. The van der Waals surface area contributed by atoms with E-state index in [1.165, 1.54) is 41.3 Å². The van der Waals surface area contributed by atoms with Gasteiger partial charge in [-0.3, -0.25) is 29.5 Å². The van der Waals surface area contributed by atoms with Crippen LogP contribution in [0.5, 0.6) is 5.75 Å². The van der Waals surface area contributed by atoms with Crippen LogP contribution in [0.4, 0.5) is 15.8 Å². The molecule has 0 unspecified atom stereocenters. The van der Waals surface area contributed by atoms with Gasteiger partial charge in [0.15, 0.2) is 0 Å². The zero-order valence-corrected chi connectivity index (χ0v) is 27.2. The van der Waals surface area contributed by atoms with Gasteiger partial charge in [-0.05, 0) is 103 Å². The van der Waals surface area contributed by atoms with Crippen molar-refractivity contribution >= 4 is 58.2 Å². The first-order valence-corrected chi connectivity index (χ1v) is 16.6. The number of hydrogen-bond acceptors (Lipinski definition) is 6. The second-order valence-electron chi connectivity index (χ2n) is 13.0. The van der Waals surface area contributed by atoms with E-state index in [0.717, 1.165) is 10.6 Å². The molecule has 1 saturated carbocycles. The highest BCUT2D eigenvalue weighted by Gasteiger charge is 2.70. The molecule has 2 heterocycles. The molecule has 246 valence electrons. The van der Waals surface area contributed by atoms with Gasteiger partial charge in [-0.2, -0.15) is 5.01 Å². The Balaban J connectivity index is 1.31. The van der Waals surface area contributed by atoms with Crippen LogP contribution in [0, 0.1) is 29.5 Å². The number of hydrogen-bond donors (Lipinski definition) is 2. The maximum Gasteiger partial charge on any atom is 0.260 e. The van der Waals surface area contributed by atoms with Gasteiger partial charge in [0, 0.05) is 16.0 Å². The van der Waals surface area contributed by atoms with Crippen LogP contribution in [0.25, 0.3) is 0 Å². The Bertz CT molecular complexity index is 2050. The third kappa shape index (κ3) is 4.70. The van der Waals surface area contributed by atoms with E-state index in [1.54, 1.807) is 60.7 Å². The lowest BCUT2D eigenvalue weighted by Gasteiger charge is -2.50. The molecule has 8 rings (SSSR count). The Morgan fingerprint density at radius 1 is 0.755 bits per heavy atom. The minimum atomic E-state index is -1.50. The van der Waals surface area contributed by atoms with Gasteiger partial charge in [-0.25, -0.2) is 4.39 Å². The highest BCUT2D eigenvalue weighted by atomic mass is 35.5. The van der Waals surface area contributed by atoms with E-state index in [-0.39, 0.29) is 30.4 Å². The molecule has 2 aliphatic heterocycles. The normalized spacial score (nSPS) is 27.5. The van der Waals surface area contributed by atoms with Crippen LogP contribution in [0.3, 0.4) is 0 Å². The largest absolute Gasteiger partial charge is 0.508 e. The molecule has 2 N–H and O–H groups in total. The van der Waals surface area contributed by atoms with Crippen molar-refractivity contribution in [3.8, 4) is 5.75 Å². The molecular weight excluding hydrogens is 668 g/mol. The second kappa shape index (κ2) is 11.6. The molecule has 4 aromatic rings. The molecule has 0 bridgehead atoms. The first-order valence-electron chi connectivity index (χ1n) is 15.9. The Morgan fingerprint density at radius 2 is 1.39 bits per heavy atom. The van der Waals surface area contributed by atoms with E-state index < -0.39 is 52.6 Å². The number of imide groups is 2. The minimum absolute atomic E-state index is 0.0227. The van der Waals surface area contributed by atoms with Crippen LogP contribution < -0.4 is 10.3 Å². The van der Waals surface area contributed by atoms with Gasteiger partial charge in [0.2, 0.25) is 11.8 Å². The number of anilines is 2. The maximum atomic E-state index is 15.1. The van der Waals surface area contributed by atoms with Gasteiger partial charge >= 0.3 is 0 Å². The quantitative estimate of drug-likeness (QED) is 0.172. The van der Waals surface area contributed by atoms with Crippen molar-refractivity contribution in [2.75, 3.05) is 10.3 Å². The molecule has 4 aromatic carbocycles. The summed E-state index contributed by atoms with van der Waals surface area (Å²) < 4.78 is 13.8. The Kier molecular flexibility index (Phi) is 7.39. The molecule has 11 heteroatoms. The summed E-state index contributed by atoms with van der Waals surface area (Å²) in [4.78, 5) is 59.1. The fourth-order valence-corrected chi connectivity index (χ4v) is 8.79. The van der Waals surface area contributed by atoms with Gasteiger partial charge in [0.1, 0.15) is 11.6 Å². The number of amides is 4. The predicted octanol–water partition coefficient (Wildman–Crippen LogP) is 7.03. The SMILES string of the molecule is O=C1[C@@H]2C[C@@H]3C(=CC[C@@H]4C(=O)N(c5ccc(Cl)cc5)C(=O)[C@@H]43)[C@H](c3ccc(O)cc3)[C@]2(c2ccc(Cl)cc2)C(=O)N1Nc1ccc(F)cc1. The first-order chi connectivity index (χ1) is 23.6. The molecule has 2 saturated heterocycles. The van der Waals surface area contributed by atoms with Crippen molar-refractivity contribution in [1.82, 2.24) is 5.01 Å². The summed E-state index contributed by atoms with van der Waals surface area (Å²) in [6.45, 7) is 0. The van der Waals surface area contributed by atoms with Gasteiger partial charge in [-0.15, -0.1) is 0 Å². The lowest BCUT2D eigenvalue weighted by atomic mass is 9.49. The number of rotatable bonds is 5. The Hall–Kier alpha value is -4.99. The molecule has 2 aliphatic carbocycles. The third-order valence-electron chi connectivity index (χ3n) is 10.6. The van der Waals surface area contributed by atoms with Gasteiger partial charge in [0.05, 0.1) is 34.5 Å². The predicted molar refractivity (Wildman–Crippen MR) is 181 cm³/mol. The zero-order valence-electron chi connectivity index (χ0n) is 25.7. The van der Waals surface area contributed by atoms with Crippen LogP contribution in [0.15, 0.2) is 109 Å². The molecule has 0 spiro atoms. The Morgan fingerprint density at radius 3 is 2.04 bits per heavy atom. The average Bonchev–Trinajstić information content (AvgIpc) is 3.48. The number of halogens is 3. The Labute approximate surface area is 290 Å². The number of carbonyl (C=O) groups excluding carboxylic acids is 4. The molecule has 6 atom stereocenters. The van der Waals surface area contributed by atoms with E-state index in [4.69, 9.17) is 23.2 Å². The summed E-state index contributed by atoms with van der Waals surface area (Å²) in [5.74, 6) is -5.89. The topological polar surface area (TPSA) is 107 Å². The van der Waals surface area contributed by atoms with E-state index in [9.17, 15) is 23.9 Å². The van der Waals surface area contributed by atoms with E-state index in [1.807, 2.05) is 6.08 Å². The summed E-state index contributed by atoms with van der Waals surface area (Å²) in [6.07, 6.45) is 2.34. The number of fused-ring (bicyclic) bond motifs is 4. The van der Waals surface area contributed by atoms with Crippen LogP contribution >= 0.6 is 23.2 Å². The van der Waals surface area contributed by atoms with Gasteiger partial charge in [-0.1, -0.05) is 59.1 Å². The fraction of sp³-hybridized carbons (Fsp3) is 0.211. The smallest absolute Gasteiger partial charge is 0.260 e. The van der Waals surface area contributed by atoms with E-state index in [0.29, 0.717) is 32.5 Å². The van der Waals surface area contributed by atoms with E-state index in [2.05, 4.69) is 5.43 Å². The fourth-order valence-electron chi connectivity index (χ4n) is 8.54. The molecule has 4 aliphatic rings. The van der Waals surface area contributed by atoms with Crippen LogP contribution in [0.2, 0.25) is 10.0 Å². The molecule has 3 fully saturated rings. The number of aromatic hydroxyl groups is 1. The number of carbonyl (C=O) groups is 4. The minimum Gasteiger partial charge on any atom is -0.508 e. The lowest BCUT2D eigenvalue weighted by Crippen LogP contribution is -2.53. The third-order valence-corrected chi connectivity index (χ3v) is 11.1. The monoisotopic (exact) mass is 695 g/mol. The number of phenolic OH excluding ortho intramolecular Hbond substituents is 1. The molecular formula is C38H28Cl2FN3O5. The standard InChI is InChI=1S/C38H28Cl2FN3O5/c39-22-5-3-21(4-6-22)38-31(35(47)44(37(38)49)42-25-11-9-24(41)10-12-25)19-30-28(33(38)20-1-15-27(45)16-2-20)17-18-29-32(30)36(48)43(34(29)46)26-13-7-23(40)8-14-26/h1-17,29-33,42,45H,18-19H2/t29-,30+,31-,32-,33-,38+/m0/s1. The van der Waals surface area contributed by atoms with Crippen LogP contribution in [-0.2, 0) is 24.6 Å². The average molecular weight is 697 g/mol. The summed E-state index contributed by atoms with van der Waals surface area (Å²) in [6, 6.07) is 25.2. The summed E-state index contributed by atoms with van der Waals surface area (Å²) in [7, 11) is 0. The molecule has 0 radical (unpaired) electrons. The molecule has 8 nitrogen and oxygen atoms in total. The van der Waals surface area contributed by atoms with Crippen molar-refractivity contribution in [2.24, 2.45) is 23.7 Å². The van der Waals surface area contributed by atoms with Crippen molar-refractivity contribution in [1.29, 1.82) is 0 Å². The molecule has 4 amide bonds. The number of nitrogens with zero attached hydrogens (tertiary/aromatic N) is 2. The van der Waals surface area contributed by atoms with E-state index >= 15 is 4.79 Å². The number of benzene rings is 4. The lowest BCUT2D eigenvalue weighted by molar-refractivity contribution is -0.138. The molecule has 49 heavy (non-hydrogen) atoms. The summed E-state index contributed by atoms with van der Waals surface area (Å²) >= 11 is 12.4. The highest BCUT2D eigenvalue weighted by Crippen LogP contribution is 2.64. The van der Waals surface area contributed by atoms with Crippen molar-refractivity contribution in [2.45, 2.75) is 24.2 Å². The second-order valence-corrected chi connectivity index (χ2v) is 13.8. The molecule has 0 aromatic heterocycles. The summed E-state index contributed by atoms with van der Waals surface area (Å²) in [5, 5.41) is 12.2. The van der Waals surface area contributed by atoms with Crippen molar-refractivity contribution < 1.29 is 28.7 Å². The van der Waals surface area contributed by atoms with Crippen molar-refractivity contribution in [3.63, 3.8) is 0 Å². The zero-order chi connectivity index (χ0) is 34.2. The van der Waals surface area contributed by atoms with Gasteiger partial charge < -0.3 is 5.11 Å². The summed E-state index contributed by atoms with van der Waals surface area (Å²) in [5.41, 5.74) is 4.17. The van der Waals surface area contributed by atoms with Crippen molar-refractivity contribution in [3.05, 3.63) is 136 Å².